The van der Waals surface area contributed by atoms with Crippen LogP contribution in [0.25, 0.3) is 0 Å². The van der Waals surface area contributed by atoms with Gasteiger partial charge in [0.05, 0.1) is 24.7 Å². The third-order valence-corrected chi connectivity index (χ3v) is 3.79. The quantitative estimate of drug-likeness (QED) is 0.713. The van der Waals surface area contributed by atoms with Gasteiger partial charge in [-0.25, -0.2) is 0 Å². The summed E-state index contributed by atoms with van der Waals surface area (Å²) in [6.45, 7) is 3.72. The number of morpholine rings is 1. The van der Waals surface area contributed by atoms with Crippen LogP contribution in [0.3, 0.4) is 0 Å². The van der Waals surface area contributed by atoms with Gasteiger partial charge in [0.25, 0.3) is 0 Å². The molecular formula is C13H24N2O4. The molecule has 0 spiro atoms. The van der Waals surface area contributed by atoms with E-state index in [1.54, 1.807) is 11.9 Å². The molecule has 6 nitrogen and oxygen atoms in total. The van der Waals surface area contributed by atoms with E-state index in [1.807, 2.05) is 0 Å². The number of aliphatic hydroxyl groups is 1. The lowest BCUT2D eigenvalue weighted by atomic mass is 9.94. The van der Waals surface area contributed by atoms with E-state index < -0.39 is 5.60 Å². The zero-order chi connectivity index (χ0) is 13.7. The summed E-state index contributed by atoms with van der Waals surface area (Å²) in [5.74, 6) is 0.0219. The van der Waals surface area contributed by atoms with Crippen molar-refractivity contribution in [2.24, 2.45) is 0 Å². The maximum atomic E-state index is 12.1. The van der Waals surface area contributed by atoms with E-state index in [0.29, 0.717) is 45.6 Å². The molecule has 0 aromatic rings. The zero-order valence-corrected chi connectivity index (χ0v) is 11.6. The number of hydrogen-bond acceptors (Lipinski definition) is 5. The van der Waals surface area contributed by atoms with Crippen LogP contribution in [0.15, 0.2) is 0 Å². The molecule has 0 radical (unpaired) electrons. The van der Waals surface area contributed by atoms with E-state index in [-0.39, 0.29) is 12.0 Å². The van der Waals surface area contributed by atoms with E-state index in [9.17, 15) is 9.90 Å². The smallest absolute Gasteiger partial charge is 0.225 e. The molecule has 2 N–H and O–H groups in total. The molecule has 0 aromatic carbocycles. The first kappa shape index (κ1) is 14.7. The van der Waals surface area contributed by atoms with E-state index >= 15 is 0 Å². The standard InChI is InChI=1S/C13H24N2O4/c1-15(10-13(17)2-5-18-6-3-13)12(16)8-11-9-14-4-7-19-11/h11,14,17H,2-10H2,1H3. The Kier molecular flexibility index (Phi) is 5.15. The van der Waals surface area contributed by atoms with Crippen molar-refractivity contribution in [3.05, 3.63) is 0 Å². The molecule has 2 fully saturated rings. The van der Waals surface area contributed by atoms with Gasteiger partial charge in [0.1, 0.15) is 0 Å². The monoisotopic (exact) mass is 272 g/mol. The van der Waals surface area contributed by atoms with Crippen molar-refractivity contribution < 1.29 is 19.4 Å². The van der Waals surface area contributed by atoms with Gasteiger partial charge in [-0.2, -0.15) is 0 Å². The van der Waals surface area contributed by atoms with Gasteiger partial charge < -0.3 is 24.8 Å². The molecular weight excluding hydrogens is 248 g/mol. The van der Waals surface area contributed by atoms with Crippen molar-refractivity contribution in [3.8, 4) is 0 Å². The molecule has 2 saturated heterocycles. The fourth-order valence-corrected chi connectivity index (χ4v) is 2.54. The van der Waals surface area contributed by atoms with Crippen molar-refractivity contribution in [2.75, 3.05) is 46.5 Å². The molecule has 19 heavy (non-hydrogen) atoms. The number of hydrogen-bond donors (Lipinski definition) is 2. The number of nitrogens with one attached hydrogen (secondary N) is 1. The Morgan fingerprint density at radius 2 is 2.16 bits per heavy atom. The minimum atomic E-state index is -0.797. The molecule has 2 heterocycles. The van der Waals surface area contributed by atoms with Crippen molar-refractivity contribution >= 4 is 5.91 Å². The molecule has 0 aliphatic carbocycles. The fourth-order valence-electron chi connectivity index (χ4n) is 2.54. The van der Waals surface area contributed by atoms with Crippen LogP contribution in [0.4, 0.5) is 0 Å². The lowest BCUT2D eigenvalue weighted by Gasteiger charge is -2.36. The number of carbonyl (C=O) groups excluding carboxylic acids is 1. The summed E-state index contributed by atoms with van der Waals surface area (Å²) in [6.07, 6.45) is 1.50. The summed E-state index contributed by atoms with van der Waals surface area (Å²) >= 11 is 0. The minimum absolute atomic E-state index is 0.0219. The molecule has 2 rings (SSSR count). The van der Waals surface area contributed by atoms with Gasteiger partial charge in [0, 0.05) is 52.7 Å². The molecule has 2 aliphatic heterocycles. The number of amides is 1. The van der Waals surface area contributed by atoms with Gasteiger partial charge in [-0.1, -0.05) is 0 Å². The Morgan fingerprint density at radius 3 is 2.79 bits per heavy atom. The molecule has 110 valence electrons. The largest absolute Gasteiger partial charge is 0.388 e. The average molecular weight is 272 g/mol. The van der Waals surface area contributed by atoms with Crippen LogP contribution >= 0.6 is 0 Å². The Bertz CT molecular complexity index is 299. The molecule has 1 atom stereocenters. The second-order valence-corrected chi connectivity index (χ2v) is 5.49. The summed E-state index contributed by atoms with van der Waals surface area (Å²) in [5, 5.41) is 13.6. The van der Waals surface area contributed by atoms with Crippen LogP contribution < -0.4 is 5.32 Å². The molecule has 6 heteroatoms. The molecule has 0 saturated carbocycles. The Hall–Kier alpha value is -0.690. The summed E-state index contributed by atoms with van der Waals surface area (Å²) in [4.78, 5) is 13.7. The van der Waals surface area contributed by atoms with E-state index in [4.69, 9.17) is 9.47 Å². The Balaban J connectivity index is 1.77. The van der Waals surface area contributed by atoms with Gasteiger partial charge in [-0.15, -0.1) is 0 Å². The van der Waals surface area contributed by atoms with Gasteiger partial charge in [-0.3, -0.25) is 4.79 Å². The number of carbonyl (C=O) groups is 1. The van der Waals surface area contributed by atoms with E-state index in [0.717, 1.165) is 13.1 Å². The second kappa shape index (κ2) is 6.65. The highest BCUT2D eigenvalue weighted by Gasteiger charge is 2.32. The Morgan fingerprint density at radius 1 is 1.42 bits per heavy atom. The van der Waals surface area contributed by atoms with Gasteiger partial charge in [0.15, 0.2) is 0 Å². The number of ether oxygens (including phenoxy) is 2. The third kappa shape index (κ3) is 4.42. The Labute approximate surface area is 114 Å². The molecule has 0 aromatic heterocycles. The number of rotatable bonds is 4. The average Bonchev–Trinajstić information content (AvgIpc) is 2.40. The van der Waals surface area contributed by atoms with Crippen molar-refractivity contribution in [2.45, 2.75) is 31.0 Å². The predicted molar refractivity (Wildman–Crippen MR) is 69.9 cm³/mol. The maximum Gasteiger partial charge on any atom is 0.225 e. The van der Waals surface area contributed by atoms with Gasteiger partial charge in [-0.05, 0) is 0 Å². The minimum Gasteiger partial charge on any atom is -0.388 e. The molecule has 0 bridgehead atoms. The van der Waals surface area contributed by atoms with E-state index in [2.05, 4.69) is 5.32 Å². The molecule has 2 aliphatic rings. The summed E-state index contributed by atoms with van der Waals surface area (Å²) in [7, 11) is 1.74. The number of likely N-dealkylation sites (N-methyl/N-ethyl adjacent to an activating group) is 1. The fraction of sp³-hybridized carbons (Fsp3) is 0.923. The van der Waals surface area contributed by atoms with Gasteiger partial charge in [0.2, 0.25) is 5.91 Å². The highest BCUT2D eigenvalue weighted by molar-refractivity contribution is 5.76. The molecule has 1 amide bonds. The van der Waals surface area contributed by atoms with Gasteiger partial charge >= 0.3 is 0 Å². The van der Waals surface area contributed by atoms with Crippen LogP contribution in [-0.4, -0.2) is 74.1 Å². The lowest BCUT2D eigenvalue weighted by Crippen LogP contribution is -2.48. The van der Waals surface area contributed by atoms with Crippen LogP contribution in [-0.2, 0) is 14.3 Å². The van der Waals surface area contributed by atoms with E-state index in [1.165, 1.54) is 0 Å². The van der Waals surface area contributed by atoms with Crippen LogP contribution in [0.5, 0.6) is 0 Å². The van der Waals surface area contributed by atoms with Crippen LogP contribution in [0, 0.1) is 0 Å². The first-order valence-corrected chi connectivity index (χ1v) is 6.95. The van der Waals surface area contributed by atoms with Crippen LogP contribution in [0.2, 0.25) is 0 Å². The number of nitrogens with zero attached hydrogens (tertiary/aromatic N) is 1. The highest BCUT2D eigenvalue weighted by Crippen LogP contribution is 2.21. The van der Waals surface area contributed by atoms with Crippen LogP contribution in [0.1, 0.15) is 19.3 Å². The normalized spacial score (nSPS) is 26.9. The first-order valence-electron chi connectivity index (χ1n) is 6.95. The first-order chi connectivity index (χ1) is 9.09. The topological polar surface area (TPSA) is 71.0 Å². The maximum absolute atomic E-state index is 12.1. The van der Waals surface area contributed by atoms with Crippen molar-refractivity contribution in [1.82, 2.24) is 10.2 Å². The summed E-state index contributed by atoms with van der Waals surface area (Å²) in [5.41, 5.74) is -0.797. The summed E-state index contributed by atoms with van der Waals surface area (Å²) < 4.78 is 10.8. The van der Waals surface area contributed by atoms with Crippen molar-refractivity contribution in [1.29, 1.82) is 0 Å². The SMILES string of the molecule is CN(CC1(O)CCOCC1)C(=O)CC1CNCCO1. The second-order valence-electron chi connectivity index (χ2n) is 5.49. The summed E-state index contributed by atoms with van der Waals surface area (Å²) in [6, 6.07) is 0. The predicted octanol–water partition coefficient (Wildman–Crippen LogP) is -0.635. The zero-order valence-electron chi connectivity index (χ0n) is 11.6. The van der Waals surface area contributed by atoms with Crippen molar-refractivity contribution in [3.63, 3.8) is 0 Å². The third-order valence-electron chi connectivity index (χ3n) is 3.79. The molecule has 1 unspecified atom stereocenters. The lowest BCUT2D eigenvalue weighted by molar-refractivity contribution is -0.140. The highest BCUT2D eigenvalue weighted by atomic mass is 16.5.